The summed E-state index contributed by atoms with van der Waals surface area (Å²) in [5.41, 5.74) is 6.79. The minimum Gasteiger partial charge on any atom is -0.366 e. The van der Waals surface area contributed by atoms with E-state index in [0.717, 1.165) is 17.8 Å². The number of nitrogens with one attached hydrogen (secondary N) is 1. The number of benzene rings is 1. The molecule has 0 radical (unpaired) electrons. The third-order valence-electron chi connectivity index (χ3n) is 5.64. The van der Waals surface area contributed by atoms with Crippen LogP contribution in [0.2, 0.25) is 0 Å². The number of nitrogens with zero attached hydrogens (tertiary/aromatic N) is 4. The van der Waals surface area contributed by atoms with Gasteiger partial charge in [-0.2, -0.15) is 18.4 Å². The second-order valence-corrected chi connectivity index (χ2v) is 8.22. The van der Waals surface area contributed by atoms with Crippen molar-refractivity contribution in [2.24, 2.45) is 5.73 Å². The zero-order valence-corrected chi connectivity index (χ0v) is 19.9. The molecule has 0 aliphatic rings. The third-order valence-corrected chi connectivity index (χ3v) is 5.64. The smallest absolute Gasteiger partial charge is 0.366 e. The number of hydrogen-bond donors (Lipinski definition) is 2. The normalized spacial score (nSPS) is 11.0. The quantitative estimate of drug-likeness (QED) is 0.364. The number of pyridine rings is 3. The molecule has 3 N–H and O–H groups in total. The zero-order chi connectivity index (χ0) is 27.4. The molecule has 0 spiro atoms. The van der Waals surface area contributed by atoms with Crippen molar-refractivity contribution in [1.29, 1.82) is 5.26 Å². The lowest BCUT2D eigenvalue weighted by Crippen LogP contribution is -2.18. The Hall–Kier alpha value is -5.11. The van der Waals surface area contributed by atoms with Gasteiger partial charge in [0.2, 0.25) is 11.8 Å². The molecule has 3 aromatic heterocycles. The van der Waals surface area contributed by atoms with Crippen molar-refractivity contribution in [2.45, 2.75) is 19.5 Å². The van der Waals surface area contributed by atoms with Gasteiger partial charge in [0.15, 0.2) is 5.69 Å². The topological polar surface area (TPSA) is 135 Å². The van der Waals surface area contributed by atoms with Crippen LogP contribution in [0, 0.1) is 18.3 Å². The lowest BCUT2D eigenvalue weighted by Gasteiger charge is -2.16. The second-order valence-electron chi connectivity index (χ2n) is 8.22. The molecule has 0 saturated heterocycles. The Morgan fingerprint density at radius 1 is 0.947 bits per heavy atom. The van der Waals surface area contributed by atoms with Crippen LogP contribution in [-0.4, -0.2) is 26.8 Å². The van der Waals surface area contributed by atoms with Gasteiger partial charge >= 0.3 is 6.18 Å². The van der Waals surface area contributed by atoms with E-state index in [2.05, 4.69) is 20.3 Å². The number of primary amides is 1. The maximum absolute atomic E-state index is 13.8. The van der Waals surface area contributed by atoms with Gasteiger partial charge in [0, 0.05) is 29.7 Å². The zero-order valence-electron chi connectivity index (χ0n) is 19.9. The number of amides is 2. The molecule has 0 unspecified atom stereocenters. The first kappa shape index (κ1) is 26.0. The molecule has 1 aromatic carbocycles. The standard InChI is InChI=1S/C27H19F3N6O2/c1-15-2-3-18(24-19(26(32)38)7-11-35-25(24)27(28,29)30)12-20(15)16-5-9-33-21(13-16)17-6-10-34-22(14-17)36-23(37)4-8-31/h2-3,5-7,9-14H,4H2,1H3,(H2,32,38)(H,34,36,37). The molecule has 190 valence electrons. The minimum atomic E-state index is -4.81. The lowest BCUT2D eigenvalue weighted by atomic mass is 9.92. The van der Waals surface area contributed by atoms with Gasteiger partial charge < -0.3 is 11.1 Å². The van der Waals surface area contributed by atoms with Crippen molar-refractivity contribution in [2.75, 3.05) is 5.32 Å². The summed E-state index contributed by atoms with van der Waals surface area (Å²) in [6, 6.07) is 14.3. The van der Waals surface area contributed by atoms with Crippen LogP contribution in [0.5, 0.6) is 0 Å². The number of aryl methyl sites for hydroxylation is 1. The van der Waals surface area contributed by atoms with Crippen LogP contribution in [0.25, 0.3) is 33.5 Å². The molecule has 8 nitrogen and oxygen atoms in total. The van der Waals surface area contributed by atoms with Crippen molar-refractivity contribution in [3.05, 3.63) is 83.9 Å². The van der Waals surface area contributed by atoms with Gasteiger partial charge in [0.25, 0.3) is 0 Å². The molecule has 0 aliphatic carbocycles. The average Bonchev–Trinajstić information content (AvgIpc) is 2.88. The van der Waals surface area contributed by atoms with E-state index in [1.54, 1.807) is 55.6 Å². The molecule has 3 heterocycles. The molecule has 4 rings (SSSR count). The summed E-state index contributed by atoms with van der Waals surface area (Å²) in [6.07, 6.45) is -1.20. The molecular formula is C27H19F3N6O2. The Morgan fingerprint density at radius 3 is 2.37 bits per heavy atom. The van der Waals surface area contributed by atoms with Crippen LogP contribution in [0.15, 0.2) is 67.1 Å². The minimum absolute atomic E-state index is 0.129. The van der Waals surface area contributed by atoms with E-state index in [1.807, 2.05) is 0 Å². The van der Waals surface area contributed by atoms with E-state index in [4.69, 9.17) is 11.0 Å². The maximum atomic E-state index is 13.8. The summed E-state index contributed by atoms with van der Waals surface area (Å²) >= 11 is 0. The highest BCUT2D eigenvalue weighted by atomic mass is 19.4. The first-order valence-electron chi connectivity index (χ1n) is 11.1. The Balaban J connectivity index is 1.80. The Bertz CT molecular complexity index is 1590. The van der Waals surface area contributed by atoms with Crippen molar-refractivity contribution >= 4 is 17.6 Å². The van der Waals surface area contributed by atoms with E-state index in [9.17, 15) is 22.8 Å². The van der Waals surface area contributed by atoms with Crippen molar-refractivity contribution < 1.29 is 22.8 Å². The van der Waals surface area contributed by atoms with Crippen LogP contribution < -0.4 is 11.1 Å². The number of rotatable bonds is 6. The van der Waals surface area contributed by atoms with Gasteiger partial charge in [0.1, 0.15) is 12.2 Å². The fourth-order valence-corrected chi connectivity index (χ4v) is 3.94. The van der Waals surface area contributed by atoms with Crippen LogP contribution in [-0.2, 0) is 11.0 Å². The molecule has 38 heavy (non-hydrogen) atoms. The average molecular weight is 516 g/mol. The van der Waals surface area contributed by atoms with Gasteiger partial charge in [-0.05, 0) is 65.6 Å². The highest BCUT2D eigenvalue weighted by Gasteiger charge is 2.37. The third kappa shape index (κ3) is 5.49. The number of aromatic nitrogens is 3. The first-order chi connectivity index (χ1) is 18.1. The van der Waals surface area contributed by atoms with E-state index in [-0.39, 0.29) is 23.4 Å². The fraction of sp³-hybridized carbons (Fsp3) is 0.111. The molecule has 0 saturated carbocycles. The van der Waals surface area contributed by atoms with E-state index >= 15 is 0 Å². The second kappa shape index (κ2) is 10.5. The Morgan fingerprint density at radius 2 is 1.66 bits per heavy atom. The Kier molecular flexibility index (Phi) is 7.16. The number of anilines is 1. The molecule has 4 aromatic rings. The molecule has 11 heteroatoms. The summed E-state index contributed by atoms with van der Waals surface area (Å²) in [4.78, 5) is 35.7. The largest absolute Gasteiger partial charge is 0.433 e. The predicted octanol–water partition coefficient (Wildman–Crippen LogP) is 5.15. The van der Waals surface area contributed by atoms with E-state index in [1.165, 1.54) is 12.3 Å². The number of nitriles is 1. The van der Waals surface area contributed by atoms with Crippen LogP contribution >= 0.6 is 0 Å². The molecule has 0 fully saturated rings. The number of hydrogen-bond acceptors (Lipinski definition) is 6. The predicted molar refractivity (Wildman–Crippen MR) is 133 cm³/mol. The number of alkyl halides is 3. The summed E-state index contributed by atoms with van der Waals surface area (Å²) in [5.74, 6) is -1.27. The maximum Gasteiger partial charge on any atom is 0.433 e. The van der Waals surface area contributed by atoms with Crippen molar-refractivity contribution in [3.63, 3.8) is 0 Å². The van der Waals surface area contributed by atoms with Crippen LogP contribution in [0.1, 0.15) is 28.0 Å². The number of nitrogens with two attached hydrogens (primary N) is 1. The van der Waals surface area contributed by atoms with Gasteiger partial charge in [-0.3, -0.25) is 19.6 Å². The molecular weight excluding hydrogens is 497 g/mol. The van der Waals surface area contributed by atoms with Crippen molar-refractivity contribution in [3.8, 4) is 39.6 Å². The summed E-state index contributed by atoms with van der Waals surface area (Å²) in [5, 5.41) is 11.2. The fourth-order valence-electron chi connectivity index (χ4n) is 3.94. The van der Waals surface area contributed by atoms with Crippen LogP contribution in [0.3, 0.4) is 0 Å². The molecule has 0 atom stereocenters. The van der Waals surface area contributed by atoms with E-state index in [0.29, 0.717) is 22.4 Å². The summed E-state index contributed by atoms with van der Waals surface area (Å²) < 4.78 is 41.4. The highest BCUT2D eigenvalue weighted by Crippen LogP contribution is 2.39. The number of carbonyl (C=O) groups is 2. The monoisotopic (exact) mass is 516 g/mol. The number of carbonyl (C=O) groups excluding carboxylic acids is 2. The highest BCUT2D eigenvalue weighted by molar-refractivity contribution is 6.01. The van der Waals surface area contributed by atoms with Gasteiger partial charge in [-0.1, -0.05) is 12.1 Å². The van der Waals surface area contributed by atoms with Crippen molar-refractivity contribution in [1.82, 2.24) is 15.0 Å². The molecule has 2 amide bonds. The van der Waals surface area contributed by atoms with Gasteiger partial charge in [-0.15, -0.1) is 0 Å². The van der Waals surface area contributed by atoms with E-state index < -0.39 is 29.2 Å². The van der Waals surface area contributed by atoms with Gasteiger partial charge in [-0.25, -0.2) is 4.98 Å². The summed E-state index contributed by atoms with van der Waals surface area (Å²) in [6.45, 7) is 1.80. The summed E-state index contributed by atoms with van der Waals surface area (Å²) in [7, 11) is 0. The molecule has 0 aliphatic heterocycles. The van der Waals surface area contributed by atoms with Gasteiger partial charge in [0.05, 0.1) is 17.3 Å². The first-order valence-corrected chi connectivity index (χ1v) is 11.1. The van der Waals surface area contributed by atoms with Crippen LogP contribution in [0.4, 0.5) is 19.0 Å². The number of halogens is 3. The Labute approximate surface area is 215 Å². The SMILES string of the molecule is Cc1ccc(-c2c(C(N)=O)ccnc2C(F)(F)F)cc1-c1ccnc(-c2ccnc(NC(=O)CC#N)c2)c1. The lowest BCUT2D eigenvalue weighted by molar-refractivity contribution is -0.140. The molecule has 0 bridgehead atoms.